The predicted octanol–water partition coefficient (Wildman–Crippen LogP) is 5.75. The smallest absolute Gasteiger partial charge is 0.416 e. The van der Waals surface area contributed by atoms with Crippen molar-refractivity contribution in [3.8, 4) is 0 Å². The maximum absolute atomic E-state index is 13.3. The largest absolute Gasteiger partial charge is 0.441 e. The summed E-state index contributed by atoms with van der Waals surface area (Å²) in [5, 5.41) is 0. The third-order valence-corrected chi connectivity index (χ3v) is 6.63. The molecule has 196 valence electrons. The highest BCUT2D eigenvalue weighted by Crippen LogP contribution is 2.36. The molecule has 2 fully saturated rings. The fraction of sp³-hybridized carbons (Fsp3) is 0.480. The van der Waals surface area contributed by atoms with Crippen molar-refractivity contribution in [1.29, 1.82) is 0 Å². The standard InChI is InChI=1S/C25H26F6N2O3/c1-32-16-23(36-22(32)34)8-10-33(11-9-23)12-13-35-21(17-4-2-6-19(14-17)24(26,27)28)18-5-3-7-20(15-18)25(29,30)31/h2-7,14-15,21H,8-13,16H2,1H3. The van der Waals surface area contributed by atoms with Gasteiger partial charge < -0.3 is 19.3 Å². The summed E-state index contributed by atoms with van der Waals surface area (Å²) in [7, 11) is 1.68. The summed E-state index contributed by atoms with van der Waals surface area (Å²) in [4.78, 5) is 15.4. The molecule has 2 aromatic carbocycles. The van der Waals surface area contributed by atoms with Crippen LogP contribution in [0.25, 0.3) is 0 Å². The quantitative estimate of drug-likeness (QED) is 0.459. The lowest BCUT2D eigenvalue weighted by molar-refractivity contribution is -0.138. The topological polar surface area (TPSA) is 42.0 Å². The van der Waals surface area contributed by atoms with Gasteiger partial charge >= 0.3 is 18.4 Å². The molecular weight excluding hydrogens is 490 g/mol. The molecule has 0 saturated carbocycles. The number of likely N-dealkylation sites (N-methyl/N-ethyl adjacent to an activating group) is 1. The van der Waals surface area contributed by atoms with E-state index >= 15 is 0 Å². The van der Waals surface area contributed by atoms with Crippen LogP contribution in [0.3, 0.4) is 0 Å². The summed E-state index contributed by atoms with van der Waals surface area (Å²) in [6, 6.07) is 8.87. The molecular formula is C25H26F6N2O3. The monoisotopic (exact) mass is 516 g/mol. The summed E-state index contributed by atoms with van der Waals surface area (Å²) in [6.45, 7) is 2.28. The number of benzene rings is 2. The highest BCUT2D eigenvalue weighted by molar-refractivity contribution is 5.70. The molecule has 11 heteroatoms. The van der Waals surface area contributed by atoms with Crippen LogP contribution in [-0.4, -0.2) is 61.3 Å². The Balaban J connectivity index is 1.47. The zero-order valence-corrected chi connectivity index (χ0v) is 19.5. The Hall–Kier alpha value is -2.79. The van der Waals surface area contributed by atoms with Crippen LogP contribution in [0.4, 0.5) is 31.1 Å². The second kappa shape index (κ2) is 9.93. The van der Waals surface area contributed by atoms with Gasteiger partial charge in [0, 0.05) is 39.5 Å². The van der Waals surface area contributed by atoms with Crippen molar-refractivity contribution < 1.29 is 40.6 Å². The third kappa shape index (κ3) is 5.95. The molecule has 0 atom stereocenters. The molecule has 0 bridgehead atoms. The first kappa shape index (κ1) is 26.3. The lowest BCUT2D eigenvalue weighted by atomic mass is 9.91. The van der Waals surface area contributed by atoms with Crippen LogP contribution in [0.1, 0.15) is 41.2 Å². The van der Waals surface area contributed by atoms with Gasteiger partial charge in [-0.2, -0.15) is 26.3 Å². The Labute approximate surface area is 204 Å². The predicted molar refractivity (Wildman–Crippen MR) is 118 cm³/mol. The van der Waals surface area contributed by atoms with Gasteiger partial charge in [0.05, 0.1) is 24.3 Å². The van der Waals surface area contributed by atoms with E-state index in [0.29, 0.717) is 39.0 Å². The number of ether oxygens (including phenoxy) is 2. The van der Waals surface area contributed by atoms with Gasteiger partial charge in [-0.1, -0.05) is 24.3 Å². The number of nitrogens with zero attached hydrogens (tertiary/aromatic N) is 2. The van der Waals surface area contributed by atoms with Crippen LogP contribution in [0.2, 0.25) is 0 Å². The number of piperidine rings is 1. The van der Waals surface area contributed by atoms with Gasteiger partial charge in [0.2, 0.25) is 0 Å². The second-order valence-corrected chi connectivity index (χ2v) is 9.25. The Kier molecular flexibility index (Phi) is 7.25. The minimum Gasteiger partial charge on any atom is -0.441 e. The van der Waals surface area contributed by atoms with E-state index in [2.05, 4.69) is 4.90 Å². The Morgan fingerprint density at radius 3 is 1.92 bits per heavy atom. The van der Waals surface area contributed by atoms with Crippen molar-refractivity contribution in [3.05, 3.63) is 70.8 Å². The fourth-order valence-corrected chi connectivity index (χ4v) is 4.68. The fourth-order valence-electron chi connectivity index (χ4n) is 4.68. The lowest BCUT2D eigenvalue weighted by Crippen LogP contribution is -2.47. The van der Waals surface area contributed by atoms with E-state index in [1.165, 1.54) is 29.2 Å². The van der Waals surface area contributed by atoms with Crippen LogP contribution in [0.15, 0.2) is 48.5 Å². The first-order chi connectivity index (χ1) is 16.9. The maximum Gasteiger partial charge on any atom is 0.416 e. The van der Waals surface area contributed by atoms with E-state index in [-0.39, 0.29) is 23.8 Å². The van der Waals surface area contributed by atoms with Gasteiger partial charge in [-0.15, -0.1) is 0 Å². The van der Waals surface area contributed by atoms with E-state index in [0.717, 1.165) is 24.3 Å². The van der Waals surface area contributed by atoms with Crippen molar-refractivity contribution >= 4 is 6.09 Å². The molecule has 0 radical (unpaired) electrons. The van der Waals surface area contributed by atoms with Crippen LogP contribution in [-0.2, 0) is 21.8 Å². The highest BCUT2D eigenvalue weighted by Gasteiger charge is 2.45. The van der Waals surface area contributed by atoms with Crippen molar-refractivity contribution in [2.75, 3.05) is 39.8 Å². The highest BCUT2D eigenvalue weighted by atomic mass is 19.4. The number of alkyl halides is 6. The number of amides is 1. The van der Waals surface area contributed by atoms with Gasteiger partial charge in [0.15, 0.2) is 0 Å². The maximum atomic E-state index is 13.3. The molecule has 2 aliphatic rings. The molecule has 2 heterocycles. The molecule has 2 aromatic rings. The van der Waals surface area contributed by atoms with Crippen molar-refractivity contribution in [1.82, 2.24) is 9.80 Å². The van der Waals surface area contributed by atoms with Gasteiger partial charge in [0.25, 0.3) is 0 Å². The van der Waals surface area contributed by atoms with Crippen LogP contribution in [0, 0.1) is 0 Å². The normalized spacial score (nSPS) is 18.8. The van der Waals surface area contributed by atoms with Gasteiger partial charge in [-0.3, -0.25) is 0 Å². The molecule has 0 N–H and O–H groups in total. The summed E-state index contributed by atoms with van der Waals surface area (Å²) in [6.07, 6.45) is -9.40. The van der Waals surface area contributed by atoms with Crippen molar-refractivity contribution in [3.63, 3.8) is 0 Å². The minimum absolute atomic E-state index is 0.0872. The molecule has 4 rings (SSSR count). The van der Waals surface area contributed by atoms with E-state index in [4.69, 9.17) is 9.47 Å². The number of carbonyl (C=O) groups excluding carboxylic acids is 1. The zero-order chi connectivity index (χ0) is 26.1. The molecule has 1 spiro atoms. The van der Waals surface area contributed by atoms with Crippen LogP contribution < -0.4 is 0 Å². The number of likely N-dealkylation sites (tertiary alicyclic amines) is 1. The molecule has 2 saturated heterocycles. The summed E-state index contributed by atoms with van der Waals surface area (Å²) < 4.78 is 91.2. The molecule has 0 unspecified atom stereocenters. The van der Waals surface area contributed by atoms with E-state index in [1.54, 1.807) is 7.05 Å². The molecule has 2 aliphatic heterocycles. The Morgan fingerprint density at radius 1 is 0.944 bits per heavy atom. The number of rotatable bonds is 6. The van der Waals surface area contributed by atoms with Gasteiger partial charge in [-0.05, 0) is 35.4 Å². The summed E-state index contributed by atoms with van der Waals surface area (Å²) >= 11 is 0. The number of halogens is 6. The molecule has 36 heavy (non-hydrogen) atoms. The number of hydrogen-bond donors (Lipinski definition) is 0. The Morgan fingerprint density at radius 2 is 1.47 bits per heavy atom. The zero-order valence-electron chi connectivity index (χ0n) is 19.5. The number of carbonyl (C=O) groups is 1. The average Bonchev–Trinajstić information content (AvgIpc) is 3.09. The first-order valence-corrected chi connectivity index (χ1v) is 11.5. The van der Waals surface area contributed by atoms with Crippen molar-refractivity contribution in [2.45, 2.75) is 36.9 Å². The summed E-state index contributed by atoms with van der Waals surface area (Å²) in [5.41, 5.74) is -2.09. The van der Waals surface area contributed by atoms with E-state index in [1.807, 2.05) is 0 Å². The molecule has 1 amide bonds. The first-order valence-electron chi connectivity index (χ1n) is 11.5. The van der Waals surface area contributed by atoms with Gasteiger partial charge in [0.1, 0.15) is 11.7 Å². The minimum atomic E-state index is -4.60. The SMILES string of the molecule is CN1CC2(CCN(CCOC(c3cccc(C(F)(F)F)c3)c3cccc(C(F)(F)F)c3)CC2)OC1=O. The van der Waals surface area contributed by atoms with E-state index < -0.39 is 35.2 Å². The van der Waals surface area contributed by atoms with Crippen LogP contribution in [0.5, 0.6) is 0 Å². The van der Waals surface area contributed by atoms with Gasteiger partial charge in [-0.25, -0.2) is 4.79 Å². The summed E-state index contributed by atoms with van der Waals surface area (Å²) in [5.74, 6) is 0. The molecule has 5 nitrogen and oxygen atoms in total. The average molecular weight is 516 g/mol. The Bertz CT molecular complexity index is 1020. The van der Waals surface area contributed by atoms with E-state index in [9.17, 15) is 31.1 Å². The third-order valence-electron chi connectivity index (χ3n) is 6.63. The van der Waals surface area contributed by atoms with Crippen LogP contribution >= 0.6 is 0 Å². The molecule has 0 aliphatic carbocycles. The van der Waals surface area contributed by atoms with Crippen molar-refractivity contribution in [2.24, 2.45) is 0 Å². The molecule has 0 aromatic heterocycles. The number of hydrogen-bond acceptors (Lipinski definition) is 4. The lowest BCUT2D eigenvalue weighted by Gasteiger charge is -2.37. The second-order valence-electron chi connectivity index (χ2n) is 9.25.